The standard InChI is InChI=1S/C8H11NO2S/c1-6(2)11-8(10)5-7-9-3-4-12-7/h3-4,6H,5H2,1-2H3. The summed E-state index contributed by atoms with van der Waals surface area (Å²) in [7, 11) is 0. The van der Waals surface area contributed by atoms with Gasteiger partial charge in [-0.1, -0.05) is 0 Å². The lowest BCUT2D eigenvalue weighted by molar-refractivity contribution is -0.146. The molecule has 0 aliphatic carbocycles. The molecule has 0 saturated heterocycles. The molecule has 0 fully saturated rings. The lowest BCUT2D eigenvalue weighted by Crippen LogP contribution is -2.13. The van der Waals surface area contributed by atoms with Gasteiger partial charge in [-0.05, 0) is 13.8 Å². The van der Waals surface area contributed by atoms with E-state index in [1.54, 1.807) is 6.20 Å². The quantitative estimate of drug-likeness (QED) is 0.672. The first-order valence-corrected chi connectivity index (χ1v) is 4.64. The highest BCUT2D eigenvalue weighted by atomic mass is 32.1. The van der Waals surface area contributed by atoms with Gasteiger partial charge in [-0.3, -0.25) is 4.79 Å². The molecule has 0 radical (unpaired) electrons. The summed E-state index contributed by atoms with van der Waals surface area (Å²) in [5.74, 6) is -0.208. The number of carbonyl (C=O) groups excluding carboxylic acids is 1. The molecule has 1 aromatic heterocycles. The molecule has 1 aromatic rings. The Bertz CT molecular complexity index is 244. The molecule has 0 N–H and O–H groups in total. The molecular formula is C8H11NO2S. The van der Waals surface area contributed by atoms with Gasteiger partial charge in [0.25, 0.3) is 0 Å². The van der Waals surface area contributed by atoms with Crippen molar-refractivity contribution in [3.05, 3.63) is 16.6 Å². The fourth-order valence-corrected chi connectivity index (χ4v) is 1.37. The van der Waals surface area contributed by atoms with Crippen molar-refractivity contribution < 1.29 is 9.53 Å². The maximum absolute atomic E-state index is 11.1. The molecule has 0 aliphatic rings. The van der Waals surface area contributed by atoms with E-state index >= 15 is 0 Å². The summed E-state index contributed by atoms with van der Waals surface area (Å²) in [5, 5.41) is 2.65. The number of rotatable bonds is 3. The molecule has 1 rings (SSSR count). The first kappa shape index (κ1) is 9.19. The van der Waals surface area contributed by atoms with Crippen LogP contribution in [0.4, 0.5) is 0 Å². The predicted octanol–water partition coefficient (Wildman–Crippen LogP) is 1.64. The summed E-state index contributed by atoms with van der Waals surface area (Å²) in [6.07, 6.45) is 1.93. The average Bonchev–Trinajstić information content (AvgIpc) is 2.37. The van der Waals surface area contributed by atoms with Crippen molar-refractivity contribution in [1.82, 2.24) is 4.98 Å². The smallest absolute Gasteiger partial charge is 0.312 e. The molecule has 4 heteroatoms. The zero-order valence-electron chi connectivity index (χ0n) is 7.11. The minimum absolute atomic E-state index is 0.0440. The van der Waals surface area contributed by atoms with Gasteiger partial charge >= 0.3 is 5.97 Å². The van der Waals surface area contributed by atoms with Gasteiger partial charge in [-0.2, -0.15) is 0 Å². The molecule has 12 heavy (non-hydrogen) atoms. The van der Waals surface area contributed by atoms with E-state index in [0.29, 0.717) is 0 Å². The fourth-order valence-electron chi connectivity index (χ4n) is 0.768. The maximum Gasteiger partial charge on any atom is 0.312 e. The lowest BCUT2D eigenvalue weighted by atomic mass is 10.4. The molecule has 0 amide bonds. The summed E-state index contributed by atoms with van der Waals surface area (Å²) in [5.41, 5.74) is 0. The van der Waals surface area contributed by atoms with E-state index in [1.165, 1.54) is 11.3 Å². The van der Waals surface area contributed by atoms with Gasteiger partial charge in [0.05, 0.1) is 12.5 Å². The van der Waals surface area contributed by atoms with Gasteiger partial charge in [-0.25, -0.2) is 4.98 Å². The van der Waals surface area contributed by atoms with E-state index in [-0.39, 0.29) is 18.5 Å². The monoisotopic (exact) mass is 185 g/mol. The van der Waals surface area contributed by atoms with Crippen LogP contribution in [-0.4, -0.2) is 17.1 Å². The van der Waals surface area contributed by atoms with E-state index in [4.69, 9.17) is 4.74 Å². The second-order valence-electron chi connectivity index (χ2n) is 2.64. The number of thiazole rings is 1. The first-order valence-electron chi connectivity index (χ1n) is 3.76. The highest BCUT2D eigenvalue weighted by Crippen LogP contribution is 2.05. The van der Waals surface area contributed by atoms with Crippen LogP contribution in [0.1, 0.15) is 18.9 Å². The zero-order valence-corrected chi connectivity index (χ0v) is 7.93. The van der Waals surface area contributed by atoms with Crippen LogP contribution in [0.15, 0.2) is 11.6 Å². The van der Waals surface area contributed by atoms with Crippen LogP contribution in [0.3, 0.4) is 0 Å². The average molecular weight is 185 g/mol. The Morgan fingerprint density at radius 1 is 1.75 bits per heavy atom. The number of carbonyl (C=O) groups is 1. The molecule has 1 heterocycles. The first-order chi connectivity index (χ1) is 5.68. The van der Waals surface area contributed by atoms with Crippen molar-refractivity contribution in [1.29, 1.82) is 0 Å². The number of hydrogen-bond donors (Lipinski definition) is 0. The van der Waals surface area contributed by atoms with Crippen LogP contribution in [0.2, 0.25) is 0 Å². The van der Waals surface area contributed by atoms with Gasteiger partial charge in [0.1, 0.15) is 5.01 Å². The molecule has 66 valence electrons. The Morgan fingerprint density at radius 2 is 2.50 bits per heavy atom. The largest absolute Gasteiger partial charge is 0.463 e. The van der Waals surface area contributed by atoms with Crippen molar-refractivity contribution in [2.24, 2.45) is 0 Å². The van der Waals surface area contributed by atoms with Crippen molar-refractivity contribution >= 4 is 17.3 Å². The number of esters is 1. The lowest BCUT2D eigenvalue weighted by Gasteiger charge is -2.05. The van der Waals surface area contributed by atoms with E-state index in [9.17, 15) is 4.79 Å². The number of aromatic nitrogens is 1. The van der Waals surface area contributed by atoms with Gasteiger partial charge in [0, 0.05) is 11.6 Å². The van der Waals surface area contributed by atoms with Gasteiger partial charge in [0.15, 0.2) is 0 Å². The molecular weight excluding hydrogens is 174 g/mol. The summed E-state index contributed by atoms with van der Waals surface area (Å²) in [6, 6.07) is 0. The summed E-state index contributed by atoms with van der Waals surface area (Å²) < 4.78 is 4.95. The van der Waals surface area contributed by atoms with Crippen LogP contribution >= 0.6 is 11.3 Å². The minimum Gasteiger partial charge on any atom is -0.463 e. The molecule has 0 spiro atoms. The van der Waals surface area contributed by atoms with Crippen LogP contribution in [-0.2, 0) is 16.0 Å². The van der Waals surface area contributed by atoms with E-state index < -0.39 is 0 Å². The second-order valence-corrected chi connectivity index (χ2v) is 3.62. The number of hydrogen-bond acceptors (Lipinski definition) is 4. The summed E-state index contributed by atoms with van der Waals surface area (Å²) in [4.78, 5) is 15.0. The van der Waals surface area contributed by atoms with Crippen molar-refractivity contribution in [3.8, 4) is 0 Å². The third kappa shape index (κ3) is 3.00. The molecule has 0 unspecified atom stereocenters. The van der Waals surface area contributed by atoms with Gasteiger partial charge < -0.3 is 4.74 Å². The van der Waals surface area contributed by atoms with Crippen molar-refractivity contribution in [3.63, 3.8) is 0 Å². The summed E-state index contributed by atoms with van der Waals surface area (Å²) >= 11 is 1.47. The predicted molar refractivity (Wildman–Crippen MR) is 47.0 cm³/mol. The third-order valence-corrected chi connectivity index (χ3v) is 1.93. The molecule has 0 aromatic carbocycles. The van der Waals surface area contributed by atoms with Crippen molar-refractivity contribution in [2.75, 3.05) is 0 Å². The van der Waals surface area contributed by atoms with Crippen LogP contribution in [0, 0.1) is 0 Å². The Morgan fingerprint density at radius 3 is 3.00 bits per heavy atom. The van der Waals surface area contributed by atoms with Gasteiger partial charge in [0.2, 0.25) is 0 Å². The Hall–Kier alpha value is -0.900. The summed E-state index contributed by atoms with van der Waals surface area (Å²) in [6.45, 7) is 3.67. The van der Waals surface area contributed by atoms with Gasteiger partial charge in [-0.15, -0.1) is 11.3 Å². The Balaban J connectivity index is 2.37. The van der Waals surface area contributed by atoms with Crippen LogP contribution in [0.5, 0.6) is 0 Å². The molecule has 0 bridgehead atoms. The van der Waals surface area contributed by atoms with E-state index in [1.807, 2.05) is 19.2 Å². The minimum atomic E-state index is -0.208. The molecule has 0 aliphatic heterocycles. The third-order valence-electron chi connectivity index (χ3n) is 1.15. The highest BCUT2D eigenvalue weighted by Gasteiger charge is 2.07. The molecule has 0 atom stereocenters. The SMILES string of the molecule is CC(C)OC(=O)Cc1nccs1. The van der Waals surface area contributed by atoms with Crippen LogP contribution in [0.25, 0.3) is 0 Å². The van der Waals surface area contributed by atoms with E-state index in [2.05, 4.69) is 4.98 Å². The Kier molecular flexibility index (Phi) is 3.22. The zero-order chi connectivity index (χ0) is 8.97. The number of ether oxygens (including phenoxy) is 1. The molecule has 0 saturated carbocycles. The highest BCUT2D eigenvalue weighted by molar-refractivity contribution is 7.09. The normalized spacial score (nSPS) is 10.2. The maximum atomic E-state index is 11.1. The topological polar surface area (TPSA) is 39.2 Å². The number of nitrogens with zero attached hydrogens (tertiary/aromatic N) is 1. The second kappa shape index (κ2) is 4.21. The van der Waals surface area contributed by atoms with Crippen molar-refractivity contribution in [2.45, 2.75) is 26.4 Å². The fraction of sp³-hybridized carbons (Fsp3) is 0.500. The van der Waals surface area contributed by atoms with E-state index in [0.717, 1.165) is 5.01 Å². The Labute approximate surface area is 75.4 Å². The van der Waals surface area contributed by atoms with Crippen LogP contribution < -0.4 is 0 Å². The molecule has 3 nitrogen and oxygen atoms in total.